The molecule has 1 atom stereocenters. The van der Waals surface area contributed by atoms with Crippen LogP contribution in [0.5, 0.6) is 0 Å². The number of carbonyl (C=O) groups excluding carboxylic acids is 1. The highest BCUT2D eigenvalue weighted by atomic mass is 32.1. The lowest BCUT2D eigenvalue weighted by Crippen LogP contribution is -2.32. The summed E-state index contributed by atoms with van der Waals surface area (Å²) < 4.78 is 5.60. The standard InChI is InChI=1S/C22H21NO3S/c1-23(13-20(24)21-11-6-12-27-21)22(25)26-14-19-17-9-4-2-7-15(17)16-8-3-5-10-18(16)19/h2-12,19-20,24H,13-14H2,1H3. The van der Waals surface area contributed by atoms with Crippen molar-refractivity contribution in [3.8, 4) is 11.1 Å². The Bertz CT molecular complexity index is 893. The quantitative estimate of drug-likeness (QED) is 0.701. The molecule has 2 aromatic carbocycles. The Morgan fingerprint density at radius 2 is 1.70 bits per heavy atom. The van der Waals surface area contributed by atoms with E-state index >= 15 is 0 Å². The van der Waals surface area contributed by atoms with E-state index in [9.17, 15) is 9.90 Å². The highest BCUT2D eigenvalue weighted by molar-refractivity contribution is 7.10. The number of thiophene rings is 1. The van der Waals surface area contributed by atoms with Gasteiger partial charge in [0.2, 0.25) is 0 Å². The predicted molar refractivity (Wildman–Crippen MR) is 107 cm³/mol. The Morgan fingerprint density at radius 1 is 1.07 bits per heavy atom. The second kappa shape index (κ2) is 7.55. The first-order chi connectivity index (χ1) is 13.1. The fourth-order valence-electron chi connectivity index (χ4n) is 3.61. The van der Waals surface area contributed by atoms with E-state index in [2.05, 4.69) is 24.3 Å². The van der Waals surface area contributed by atoms with Gasteiger partial charge in [0.15, 0.2) is 0 Å². The molecule has 1 amide bonds. The zero-order chi connectivity index (χ0) is 18.8. The topological polar surface area (TPSA) is 49.8 Å². The van der Waals surface area contributed by atoms with Gasteiger partial charge < -0.3 is 14.7 Å². The zero-order valence-corrected chi connectivity index (χ0v) is 15.9. The van der Waals surface area contributed by atoms with E-state index in [-0.39, 0.29) is 19.1 Å². The SMILES string of the molecule is CN(CC(O)c1cccs1)C(=O)OCC1c2ccccc2-c2ccccc21. The lowest BCUT2D eigenvalue weighted by atomic mass is 9.98. The number of carbonyl (C=O) groups is 1. The second-order valence-electron chi connectivity index (χ2n) is 6.72. The minimum atomic E-state index is -0.699. The first-order valence-corrected chi connectivity index (χ1v) is 9.80. The molecule has 3 aromatic rings. The van der Waals surface area contributed by atoms with E-state index in [1.54, 1.807) is 7.05 Å². The van der Waals surface area contributed by atoms with Gasteiger partial charge in [0.05, 0.1) is 6.54 Å². The van der Waals surface area contributed by atoms with Crippen LogP contribution in [0.25, 0.3) is 11.1 Å². The number of ether oxygens (including phenoxy) is 1. The van der Waals surface area contributed by atoms with Crippen molar-refractivity contribution in [1.82, 2.24) is 4.90 Å². The van der Waals surface area contributed by atoms with Crippen LogP contribution in [0.2, 0.25) is 0 Å². The molecule has 0 radical (unpaired) electrons. The van der Waals surface area contributed by atoms with Crippen LogP contribution in [0.1, 0.15) is 28.0 Å². The molecule has 0 aliphatic heterocycles. The number of fused-ring (bicyclic) bond motifs is 3. The molecule has 27 heavy (non-hydrogen) atoms. The third kappa shape index (κ3) is 3.48. The maximum absolute atomic E-state index is 12.4. The van der Waals surface area contributed by atoms with Gasteiger partial charge in [-0.25, -0.2) is 4.79 Å². The van der Waals surface area contributed by atoms with Crippen molar-refractivity contribution in [2.24, 2.45) is 0 Å². The molecule has 5 heteroatoms. The summed E-state index contributed by atoms with van der Waals surface area (Å²) in [7, 11) is 1.65. The number of rotatable bonds is 5. The molecule has 1 aliphatic carbocycles. The van der Waals surface area contributed by atoms with Crippen LogP contribution in [0.4, 0.5) is 4.79 Å². The van der Waals surface area contributed by atoms with Crippen LogP contribution in [-0.2, 0) is 4.74 Å². The van der Waals surface area contributed by atoms with Gasteiger partial charge in [-0.2, -0.15) is 0 Å². The summed E-state index contributed by atoms with van der Waals surface area (Å²) in [5.41, 5.74) is 4.78. The molecular weight excluding hydrogens is 358 g/mol. The van der Waals surface area contributed by atoms with Gasteiger partial charge in [-0.1, -0.05) is 54.6 Å². The first kappa shape index (κ1) is 17.8. The van der Waals surface area contributed by atoms with Crippen molar-refractivity contribution in [3.63, 3.8) is 0 Å². The molecule has 138 valence electrons. The Labute approximate surface area is 162 Å². The number of nitrogens with zero attached hydrogens (tertiary/aromatic N) is 1. The van der Waals surface area contributed by atoms with Gasteiger partial charge in [-0.3, -0.25) is 0 Å². The molecular formula is C22H21NO3S. The third-order valence-electron chi connectivity index (χ3n) is 4.97. The van der Waals surface area contributed by atoms with Crippen LogP contribution >= 0.6 is 11.3 Å². The van der Waals surface area contributed by atoms with Crippen molar-refractivity contribution in [2.75, 3.05) is 20.2 Å². The fraction of sp³-hybridized carbons (Fsp3) is 0.227. The lowest BCUT2D eigenvalue weighted by molar-refractivity contribution is 0.0824. The summed E-state index contributed by atoms with van der Waals surface area (Å²) in [4.78, 5) is 14.7. The highest BCUT2D eigenvalue weighted by Gasteiger charge is 2.29. The highest BCUT2D eigenvalue weighted by Crippen LogP contribution is 2.44. The van der Waals surface area contributed by atoms with Crippen molar-refractivity contribution >= 4 is 17.4 Å². The van der Waals surface area contributed by atoms with E-state index < -0.39 is 12.2 Å². The van der Waals surface area contributed by atoms with Crippen molar-refractivity contribution < 1.29 is 14.6 Å². The Balaban J connectivity index is 1.43. The average molecular weight is 379 g/mol. The van der Waals surface area contributed by atoms with E-state index in [1.165, 1.54) is 38.5 Å². The van der Waals surface area contributed by atoms with Gasteiger partial charge in [0.25, 0.3) is 0 Å². The minimum absolute atomic E-state index is 0.0389. The van der Waals surface area contributed by atoms with Crippen molar-refractivity contribution in [3.05, 3.63) is 82.0 Å². The average Bonchev–Trinajstić information content (AvgIpc) is 3.33. The number of benzene rings is 2. The van der Waals surface area contributed by atoms with Crippen molar-refractivity contribution in [1.29, 1.82) is 0 Å². The molecule has 0 saturated carbocycles. The maximum atomic E-state index is 12.4. The van der Waals surface area contributed by atoms with Gasteiger partial charge in [0, 0.05) is 17.8 Å². The lowest BCUT2D eigenvalue weighted by Gasteiger charge is -2.21. The van der Waals surface area contributed by atoms with Gasteiger partial charge in [-0.15, -0.1) is 11.3 Å². The summed E-state index contributed by atoms with van der Waals surface area (Å²) in [6.07, 6.45) is -1.12. The zero-order valence-electron chi connectivity index (χ0n) is 15.0. The minimum Gasteiger partial charge on any atom is -0.448 e. The molecule has 1 N–H and O–H groups in total. The van der Waals surface area contributed by atoms with Crippen LogP contribution in [0, 0.1) is 0 Å². The summed E-state index contributed by atoms with van der Waals surface area (Å²) in [5.74, 6) is 0.0389. The van der Waals surface area contributed by atoms with Gasteiger partial charge in [-0.05, 0) is 33.7 Å². The number of hydrogen-bond donors (Lipinski definition) is 1. The van der Waals surface area contributed by atoms with E-state index in [4.69, 9.17) is 4.74 Å². The van der Waals surface area contributed by atoms with Crippen LogP contribution < -0.4 is 0 Å². The molecule has 1 aromatic heterocycles. The molecule has 1 unspecified atom stereocenters. The molecule has 4 nitrogen and oxygen atoms in total. The number of amides is 1. The smallest absolute Gasteiger partial charge is 0.409 e. The van der Waals surface area contributed by atoms with Crippen molar-refractivity contribution in [2.45, 2.75) is 12.0 Å². The number of aliphatic hydroxyl groups is 1. The molecule has 0 saturated heterocycles. The summed E-state index contributed by atoms with van der Waals surface area (Å²) in [5, 5.41) is 12.1. The van der Waals surface area contributed by atoms with E-state index in [0.29, 0.717) is 0 Å². The number of aliphatic hydroxyl groups excluding tert-OH is 1. The van der Waals surface area contributed by atoms with Gasteiger partial charge >= 0.3 is 6.09 Å². The fourth-order valence-corrected chi connectivity index (χ4v) is 4.31. The molecule has 0 bridgehead atoms. The van der Waals surface area contributed by atoms with Crippen LogP contribution in [0.3, 0.4) is 0 Å². The summed E-state index contributed by atoms with van der Waals surface area (Å²) >= 11 is 1.47. The van der Waals surface area contributed by atoms with Crippen LogP contribution in [-0.4, -0.2) is 36.3 Å². The summed E-state index contributed by atoms with van der Waals surface area (Å²) in [6.45, 7) is 0.490. The third-order valence-corrected chi connectivity index (χ3v) is 5.94. The monoisotopic (exact) mass is 379 g/mol. The van der Waals surface area contributed by atoms with Gasteiger partial charge in [0.1, 0.15) is 12.7 Å². The predicted octanol–water partition coefficient (Wildman–Crippen LogP) is 4.66. The molecule has 0 fully saturated rings. The second-order valence-corrected chi connectivity index (χ2v) is 7.70. The first-order valence-electron chi connectivity index (χ1n) is 8.92. The Hall–Kier alpha value is -2.63. The normalized spacial score (nSPS) is 13.7. The van der Waals surface area contributed by atoms with E-state index in [1.807, 2.05) is 41.8 Å². The largest absolute Gasteiger partial charge is 0.448 e. The maximum Gasteiger partial charge on any atom is 0.409 e. The number of likely N-dealkylation sites (N-methyl/N-ethyl adjacent to an activating group) is 1. The Kier molecular flexibility index (Phi) is 4.97. The molecule has 0 spiro atoms. The molecule has 1 aliphatic rings. The van der Waals surface area contributed by atoms with E-state index in [0.717, 1.165) is 4.88 Å². The molecule has 1 heterocycles. The Morgan fingerprint density at radius 3 is 2.30 bits per heavy atom. The summed E-state index contributed by atoms with van der Waals surface area (Å²) in [6, 6.07) is 20.3. The van der Waals surface area contributed by atoms with Crippen LogP contribution in [0.15, 0.2) is 66.0 Å². The molecule has 4 rings (SSSR count). The number of hydrogen-bond acceptors (Lipinski definition) is 4.